The predicted octanol–water partition coefficient (Wildman–Crippen LogP) is 1.64. The lowest BCUT2D eigenvalue weighted by atomic mass is 10.3. The minimum absolute atomic E-state index is 0.0109. The van der Waals surface area contributed by atoms with Crippen LogP contribution in [0.4, 0.5) is 0 Å². The van der Waals surface area contributed by atoms with Gasteiger partial charge in [-0.3, -0.25) is 10.4 Å². The van der Waals surface area contributed by atoms with E-state index in [2.05, 4.69) is 9.97 Å². The number of nitrogens with zero attached hydrogens (tertiary/aromatic N) is 2. The summed E-state index contributed by atoms with van der Waals surface area (Å²) in [5, 5.41) is 8.26. The molecule has 0 aliphatic carbocycles. The zero-order valence-electron chi connectivity index (χ0n) is 9.30. The van der Waals surface area contributed by atoms with Crippen LogP contribution in [-0.4, -0.2) is 22.9 Å². The van der Waals surface area contributed by atoms with E-state index >= 15 is 0 Å². The largest absolute Gasteiger partial charge is 0.383 e. The normalized spacial score (nSPS) is 10.4. The smallest absolute Gasteiger partial charge is 0.142 e. The fourth-order valence-electron chi connectivity index (χ4n) is 1.40. The second-order valence-electron chi connectivity index (χ2n) is 3.36. The van der Waals surface area contributed by atoms with Crippen molar-refractivity contribution in [2.75, 3.05) is 7.11 Å². The summed E-state index contributed by atoms with van der Waals surface area (Å²) in [6.07, 6.45) is 1.71. The standard InChI is InChI=1S/C11H12N4OS/c1-16-6-8-9(10(12)13)17-11(15-8)7-4-2-3-5-14-7/h2-5H,6H2,1H3,(H3,12,13). The number of nitrogens with two attached hydrogens (primary N) is 1. The highest BCUT2D eigenvalue weighted by atomic mass is 32.1. The molecule has 0 spiro atoms. The van der Waals surface area contributed by atoms with Gasteiger partial charge in [0.25, 0.3) is 0 Å². The fraction of sp³-hybridized carbons (Fsp3) is 0.182. The van der Waals surface area contributed by atoms with Gasteiger partial charge in [-0.2, -0.15) is 0 Å². The summed E-state index contributed by atoms with van der Waals surface area (Å²) in [7, 11) is 1.59. The minimum Gasteiger partial charge on any atom is -0.383 e. The van der Waals surface area contributed by atoms with Crippen molar-refractivity contribution in [2.45, 2.75) is 6.61 Å². The highest BCUT2D eigenvalue weighted by Gasteiger charge is 2.14. The first-order chi connectivity index (χ1) is 8.22. The molecule has 0 fully saturated rings. The molecule has 88 valence electrons. The van der Waals surface area contributed by atoms with Crippen molar-refractivity contribution >= 4 is 17.2 Å². The van der Waals surface area contributed by atoms with Crippen LogP contribution in [0.2, 0.25) is 0 Å². The number of hydrogen-bond donors (Lipinski definition) is 2. The van der Waals surface area contributed by atoms with Crippen molar-refractivity contribution in [3.8, 4) is 10.7 Å². The summed E-state index contributed by atoms with van der Waals surface area (Å²) < 4.78 is 5.04. The molecule has 17 heavy (non-hydrogen) atoms. The maximum atomic E-state index is 7.50. The Morgan fingerprint density at radius 1 is 1.53 bits per heavy atom. The molecule has 0 saturated heterocycles. The first-order valence-electron chi connectivity index (χ1n) is 4.97. The second-order valence-corrected chi connectivity index (χ2v) is 4.36. The third-order valence-electron chi connectivity index (χ3n) is 2.11. The van der Waals surface area contributed by atoms with E-state index in [0.29, 0.717) is 17.2 Å². The van der Waals surface area contributed by atoms with Crippen LogP contribution < -0.4 is 5.73 Å². The summed E-state index contributed by atoms with van der Waals surface area (Å²) >= 11 is 1.36. The average Bonchev–Trinajstić information content (AvgIpc) is 2.75. The minimum atomic E-state index is 0.0109. The van der Waals surface area contributed by atoms with E-state index in [4.69, 9.17) is 15.9 Å². The van der Waals surface area contributed by atoms with Gasteiger partial charge in [-0.1, -0.05) is 6.07 Å². The molecule has 0 radical (unpaired) electrons. The van der Waals surface area contributed by atoms with Gasteiger partial charge in [0.15, 0.2) is 0 Å². The van der Waals surface area contributed by atoms with Crippen LogP contribution in [0.5, 0.6) is 0 Å². The molecular weight excluding hydrogens is 236 g/mol. The highest BCUT2D eigenvalue weighted by molar-refractivity contribution is 7.17. The lowest BCUT2D eigenvalue weighted by molar-refractivity contribution is 0.182. The van der Waals surface area contributed by atoms with Crippen molar-refractivity contribution < 1.29 is 4.74 Å². The number of rotatable bonds is 4. The number of ether oxygens (including phenoxy) is 1. The first-order valence-corrected chi connectivity index (χ1v) is 5.78. The van der Waals surface area contributed by atoms with Gasteiger partial charge in [0.05, 0.1) is 22.9 Å². The van der Waals surface area contributed by atoms with Gasteiger partial charge >= 0.3 is 0 Å². The molecule has 0 atom stereocenters. The van der Waals surface area contributed by atoms with Gasteiger partial charge in [0, 0.05) is 13.3 Å². The van der Waals surface area contributed by atoms with Crippen molar-refractivity contribution in [1.82, 2.24) is 9.97 Å². The SMILES string of the molecule is COCc1nc(-c2ccccn2)sc1C(=N)N. The van der Waals surface area contributed by atoms with Crippen LogP contribution >= 0.6 is 11.3 Å². The van der Waals surface area contributed by atoms with Gasteiger partial charge < -0.3 is 10.5 Å². The van der Waals surface area contributed by atoms with E-state index in [1.165, 1.54) is 11.3 Å². The third kappa shape index (κ3) is 2.48. The molecular formula is C11H12N4OS. The van der Waals surface area contributed by atoms with Gasteiger partial charge in [-0.15, -0.1) is 11.3 Å². The van der Waals surface area contributed by atoms with Gasteiger partial charge in [-0.05, 0) is 12.1 Å². The lowest BCUT2D eigenvalue weighted by Gasteiger charge is -1.97. The number of thiazole rings is 1. The number of nitrogens with one attached hydrogen (secondary N) is 1. The van der Waals surface area contributed by atoms with E-state index in [-0.39, 0.29) is 5.84 Å². The van der Waals surface area contributed by atoms with Gasteiger partial charge in [0.2, 0.25) is 0 Å². The number of amidine groups is 1. The van der Waals surface area contributed by atoms with E-state index in [0.717, 1.165) is 10.7 Å². The van der Waals surface area contributed by atoms with Gasteiger partial charge in [0.1, 0.15) is 10.8 Å². The number of aromatic nitrogens is 2. The van der Waals surface area contributed by atoms with Gasteiger partial charge in [-0.25, -0.2) is 4.98 Å². The molecule has 0 bridgehead atoms. The highest BCUT2D eigenvalue weighted by Crippen LogP contribution is 2.26. The summed E-state index contributed by atoms with van der Waals surface area (Å²) in [5.41, 5.74) is 6.98. The van der Waals surface area contributed by atoms with Crippen molar-refractivity contribution in [2.24, 2.45) is 5.73 Å². The zero-order valence-corrected chi connectivity index (χ0v) is 10.1. The van der Waals surface area contributed by atoms with E-state index in [9.17, 15) is 0 Å². The Morgan fingerprint density at radius 3 is 2.94 bits per heavy atom. The Hall–Kier alpha value is -1.79. The Morgan fingerprint density at radius 2 is 2.35 bits per heavy atom. The van der Waals surface area contributed by atoms with E-state index in [1.54, 1.807) is 13.3 Å². The molecule has 0 aromatic carbocycles. The van der Waals surface area contributed by atoms with Crippen LogP contribution in [0, 0.1) is 5.41 Å². The topological polar surface area (TPSA) is 84.9 Å². The van der Waals surface area contributed by atoms with Crippen LogP contribution in [-0.2, 0) is 11.3 Å². The fourth-order valence-corrected chi connectivity index (χ4v) is 2.30. The summed E-state index contributed by atoms with van der Waals surface area (Å²) in [6, 6.07) is 5.62. The number of nitrogen functional groups attached to an aromatic ring is 1. The maximum Gasteiger partial charge on any atom is 0.142 e. The average molecular weight is 248 g/mol. The van der Waals surface area contributed by atoms with Crippen LogP contribution in [0.1, 0.15) is 10.6 Å². The molecule has 6 heteroatoms. The van der Waals surface area contributed by atoms with Crippen molar-refractivity contribution in [3.63, 3.8) is 0 Å². The molecule has 2 aromatic rings. The second kappa shape index (κ2) is 5.03. The first kappa shape index (κ1) is 11.7. The molecule has 2 heterocycles. The number of methoxy groups -OCH3 is 1. The quantitative estimate of drug-likeness (QED) is 0.636. The molecule has 0 aliphatic rings. The molecule has 0 saturated carbocycles. The molecule has 2 aromatic heterocycles. The molecule has 5 nitrogen and oxygen atoms in total. The summed E-state index contributed by atoms with van der Waals surface area (Å²) in [6.45, 7) is 0.345. The summed E-state index contributed by atoms with van der Waals surface area (Å²) in [4.78, 5) is 9.27. The van der Waals surface area contributed by atoms with E-state index < -0.39 is 0 Å². The monoisotopic (exact) mass is 248 g/mol. The predicted molar refractivity (Wildman–Crippen MR) is 67.1 cm³/mol. The molecule has 0 amide bonds. The Kier molecular flexibility index (Phi) is 3.46. The van der Waals surface area contributed by atoms with Crippen LogP contribution in [0.15, 0.2) is 24.4 Å². The third-order valence-corrected chi connectivity index (χ3v) is 3.26. The Labute approximate surface area is 103 Å². The molecule has 0 unspecified atom stereocenters. The maximum absolute atomic E-state index is 7.50. The zero-order chi connectivity index (χ0) is 12.3. The molecule has 0 aliphatic heterocycles. The molecule has 3 N–H and O–H groups in total. The number of pyridine rings is 1. The lowest BCUT2D eigenvalue weighted by Crippen LogP contribution is -2.11. The Bertz CT molecular complexity index is 524. The Balaban J connectivity index is 2.44. The summed E-state index contributed by atoms with van der Waals surface area (Å²) in [5.74, 6) is 0.0109. The molecule has 2 rings (SSSR count). The van der Waals surface area contributed by atoms with Crippen LogP contribution in [0.3, 0.4) is 0 Å². The van der Waals surface area contributed by atoms with Crippen LogP contribution in [0.25, 0.3) is 10.7 Å². The van der Waals surface area contributed by atoms with Crippen molar-refractivity contribution in [1.29, 1.82) is 5.41 Å². The van der Waals surface area contributed by atoms with E-state index in [1.807, 2.05) is 18.2 Å². The van der Waals surface area contributed by atoms with Crippen molar-refractivity contribution in [3.05, 3.63) is 35.0 Å². The number of hydrogen-bond acceptors (Lipinski definition) is 5.